The highest BCUT2D eigenvalue weighted by molar-refractivity contribution is 6.30. The van der Waals surface area contributed by atoms with Crippen LogP contribution in [0.25, 0.3) is 5.57 Å². The Morgan fingerprint density at radius 2 is 1.57 bits per heavy atom. The van der Waals surface area contributed by atoms with Gasteiger partial charge in [0.2, 0.25) is 0 Å². The molecule has 1 saturated carbocycles. The minimum absolute atomic E-state index is 0.0625. The van der Waals surface area contributed by atoms with E-state index in [0.717, 1.165) is 5.02 Å². The topological polar surface area (TPSA) is 12.0 Å². The summed E-state index contributed by atoms with van der Waals surface area (Å²) >= 11 is 6.29. The summed E-state index contributed by atoms with van der Waals surface area (Å²) in [6.07, 6.45) is 12.4. The average molecular weight is 402 g/mol. The zero-order valence-electron chi connectivity index (χ0n) is 19.0. The molecule has 0 amide bonds. The quantitative estimate of drug-likeness (QED) is 0.434. The normalized spacial score (nSPS) is 19.2. The molecule has 1 fully saturated rings. The minimum atomic E-state index is 0.0625. The SMILES string of the molecule is C=C/C(=C(/C)C1(NC)CCC(CCC)(CCC)CC1)c1c(C)cc(Cl)cc1C. The lowest BCUT2D eigenvalue weighted by molar-refractivity contribution is 0.106. The predicted molar refractivity (Wildman–Crippen MR) is 126 cm³/mol. The fourth-order valence-electron chi connectivity index (χ4n) is 5.74. The smallest absolute Gasteiger partial charge is 0.0411 e. The Morgan fingerprint density at radius 3 is 1.96 bits per heavy atom. The first-order valence-corrected chi connectivity index (χ1v) is 11.5. The van der Waals surface area contributed by atoms with Crippen LogP contribution >= 0.6 is 11.6 Å². The first-order chi connectivity index (χ1) is 13.3. The van der Waals surface area contributed by atoms with Gasteiger partial charge in [-0.05, 0) is 112 Å². The maximum absolute atomic E-state index is 6.29. The van der Waals surface area contributed by atoms with Crippen LogP contribution in [0.3, 0.4) is 0 Å². The summed E-state index contributed by atoms with van der Waals surface area (Å²) in [5.41, 5.74) is 7.07. The monoisotopic (exact) mass is 401 g/mol. The van der Waals surface area contributed by atoms with Crippen LogP contribution in [0.5, 0.6) is 0 Å². The van der Waals surface area contributed by atoms with Crippen molar-refractivity contribution in [3.8, 4) is 0 Å². The molecule has 0 spiro atoms. The third-order valence-corrected chi connectivity index (χ3v) is 7.51. The summed E-state index contributed by atoms with van der Waals surface area (Å²) in [7, 11) is 2.14. The van der Waals surface area contributed by atoms with Gasteiger partial charge in [-0.15, -0.1) is 0 Å². The fourth-order valence-corrected chi connectivity index (χ4v) is 6.07. The highest BCUT2D eigenvalue weighted by Crippen LogP contribution is 2.50. The summed E-state index contributed by atoms with van der Waals surface area (Å²) in [6, 6.07) is 4.14. The molecular formula is C26H40ClN. The van der Waals surface area contributed by atoms with Crippen molar-refractivity contribution >= 4 is 17.2 Å². The molecule has 0 aromatic heterocycles. The van der Waals surface area contributed by atoms with Crippen LogP contribution in [-0.4, -0.2) is 12.6 Å². The molecule has 0 bridgehead atoms. The molecule has 0 heterocycles. The number of likely N-dealkylation sites (N-methyl/N-ethyl adjacent to an activating group) is 1. The Kier molecular flexibility index (Phi) is 7.99. The lowest BCUT2D eigenvalue weighted by Gasteiger charge is -2.48. The highest BCUT2D eigenvalue weighted by Gasteiger charge is 2.42. The second kappa shape index (κ2) is 9.63. The number of allylic oxidation sites excluding steroid dienone is 2. The third-order valence-electron chi connectivity index (χ3n) is 7.30. The van der Waals surface area contributed by atoms with Crippen LogP contribution in [0.4, 0.5) is 0 Å². The zero-order chi connectivity index (χ0) is 20.9. The maximum Gasteiger partial charge on any atom is 0.0411 e. The van der Waals surface area contributed by atoms with Crippen LogP contribution in [0.1, 0.15) is 88.8 Å². The van der Waals surface area contributed by atoms with Crippen molar-refractivity contribution < 1.29 is 0 Å². The molecule has 0 saturated heterocycles. The summed E-state index contributed by atoms with van der Waals surface area (Å²) in [4.78, 5) is 0. The highest BCUT2D eigenvalue weighted by atomic mass is 35.5. The molecule has 1 N–H and O–H groups in total. The molecule has 1 aliphatic carbocycles. The van der Waals surface area contributed by atoms with Gasteiger partial charge in [0.1, 0.15) is 0 Å². The number of halogens is 1. The molecule has 28 heavy (non-hydrogen) atoms. The molecule has 1 aliphatic rings. The van der Waals surface area contributed by atoms with Gasteiger partial charge in [0.15, 0.2) is 0 Å². The van der Waals surface area contributed by atoms with Crippen molar-refractivity contribution in [3.05, 3.63) is 52.1 Å². The van der Waals surface area contributed by atoms with E-state index < -0.39 is 0 Å². The van der Waals surface area contributed by atoms with Crippen LogP contribution in [0.15, 0.2) is 30.4 Å². The van der Waals surface area contributed by atoms with Crippen LogP contribution in [0, 0.1) is 19.3 Å². The molecule has 2 heteroatoms. The van der Waals surface area contributed by atoms with Crippen molar-refractivity contribution in [1.29, 1.82) is 0 Å². The summed E-state index contributed by atoms with van der Waals surface area (Å²) in [5, 5.41) is 4.55. The number of rotatable bonds is 8. The number of hydrogen-bond donors (Lipinski definition) is 1. The minimum Gasteiger partial charge on any atom is -0.311 e. The lowest BCUT2D eigenvalue weighted by Crippen LogP contribution is -2.49. The van der Waals surface area contributed by atoms with E-state index in [1.165, 1.54) is 79.2 Å². The number of hydrogen-bond acceptors (Lipinski definition) is 1. The van der Waals surface area contributed by atoms with Crippen molar-refractivity contribution in [2.45, 2.75) is 91.5 Å². The summed E-state index contributed by atoms with van der Waals surface area (Å²) in [6.45, 7) is 15.5. The molecule has 1 aromatic carbocycles. The van der Waals surface area contributed by atoms with Gasteiger partial charge in [0.05, 0.1) is 0 Å². The van der Waals surface area contributed by atoms with Crippen molar-refractivity contribution in [2.24, 2.45) is 5.41 Å². The molecular weight excluding hydrogens is 362 g/mol. The van der Waals surface area contributed by atoms with Gasteiger partial charge in [-0.3, -0.25) is 0 Å². The summed E-state index contributed by atoms with van der Waals surface area (Å²) < 4.78 is 0. The van der Waals surface area contributed by atoms with Gasteiger partial charge in [-0.1, -0.05) is 50.9 Å². The van der Waals surface area contributed by atoms with E-state index in [9.17, 15) is 0 Å². The molecule has 0 radical (unpaired) electrons. The molecule has 0 aliphatic heterocycles. The van der Waals surface area contributed by atoms with E-state index in [1.807, 2.05) is 0 Å². The maximum atomic E-state index is 6.29. The van der Waals surface area contributed by atoms with E-state index >= 15 is 0 Å². The first-order valence-electron chi connectivity index (χ1n) is 11.1. The zero-order valence-corrected chi connectivity index (χ0v) is 19.7. The van der Waals surface area contributed by atoms with Gasteiger partial charge >= 0.3 is 0 Å². The van der Waals surface area contributed by atoms with Gasteiger partial charge in [0, 0.05) is 10.6 Å². The van der Waals surface area contributed by atoms with E-state index in [1.54, 1.807) is 0 Å². The predicted octanol–water partition coefficient (Wildman–Crippen LogP) is 8.04. The Hall–Kier alpha value is -1.05. The van der Waals surface area contributed by atoms with Gasteiger partial charge in [0.25, 0.3) is 0 Å². The van der Waals surface area contributed by atoms with Crippen molar-refractivity contribution in [2.75, 3.05) is 7.05 Å². The molecule has 1 nitrogen and oxygen atoms in total. The standard InChI is InChI=1S/C26H40ClN/c1-8-11-25(12-9-2)13-15-26(28-7,16-14-25)21(6)23(10-3)24-19(4)17-22(27)18-20(24)5/h10,17-18,28H,3,8-9,11-16H2,1-2,4-7H3/b23-21+. The molecule has 156 valence electrons. The number of nitrogens with one attached hydrogen (secondary N) is 1. The second-order valence-electron chi connectivity index (χ2n) is 8.99. The number of benzene rings is 1. The van der Waals surface area contributed by atoms with Crippen molar-refractivity contribution in [3.63, 3.8) is 0 Å². The average Bonchev–Trinajstić information content (AvgIpc) is 2.65. The second-order valence-corrected chi connectivity index (χ2v) is 9.43. The van der Waals surface area contributed by atoms with E-state index in [4.69, 9.17) is 11.6 Å². The largest absolute Gasteiger partial charge is 0.311 e. The van der Waals surface area contributed by atoms with Gasteiger partial charge in [-0.2, -0.15) is 0 Å². The molecule has 0 unspecified atom stereocenters. The van der Waals surface area contributed by atoms with Gasteiger partial charge in [-0.25, -0.2) is 0 Å². The van der Waals surface area contributed by atoms with E-state index in [2.05, 4.69) is 71.8 Å². The van der Waals surface area contributed by atoms with Crippen LogP contribution in [0.2, 0.25) is 5.02 Å². The molecule has 2 rings (SSSR count). The van der Waals surface area contributed by atoms with Crippen LogP contribution < -0.4 is 5.32 Å². The fraction of sp³-hybridized carbons (Fsp3) is 0.615. The van der Waals surface area contributed by atoms with E-state index in [0.29, 0.717) is 5.41 Å². The Bertz CT molecular complexity index is 689. The summed E-state index contributed by atoms with van der Waals surface area (Å²) in [5.74, 6) is 0. The number of aryl methyl sites for hydroxylation is 2. The van der Waals surface area contributed by atoms with Gasteiger partial charge < -0.3 is 5.32 Å². The van der Waals surface area contributed by atoms with Crippen molar-refractivity contribution in [1.82, 2.24) is 5.32 Å². The first kappa shape index (κ1) is 23.2. The lowest BCUT2D eigenvalue weighted by atomic mass is 9.61. The van der Waals surface area contributed by atoms with Crippen LogP contribution in [-0.2, 0) is 0 Å². The molecule has 1 aromatic rings. The van der Waals surface area contributed by atoms with E-state index in [-0.39, 0.29) is 5.54 Å². The molecule has 0 atom stereocenters. The third kappa shape index (κ3) is 4.57. The Morgan fingerprint density at radius 1 is 1.07 bits per heavy atom. The Balaban J connectivity index is 2.46. The Labute approximate surface area is 178 Å².